The van der Waals surface area contributed by atoms with Gasteiger partial charge in [0.2, 0.25) is 5.82 Å². The number of amides is 2. The molecule has 3 aromatic rings. The Morgan fingerprint density at radius 1 is 1.18 bits per heavy atom. The minimum atomic E-state index is -0.638. The average molecular weight is 470 g/mol. The van der Waals surface area contributed by atoms with E-state index in [0.29, 0.717) is 16.4 Å². The van der Waals surface area contributed by atoms with Gasteiger partial charge in [0.1, 0.15) is 5.82 Å². The lowest BCUT2D eigenvalue weighted by molar-refractivity contribution is 0.234. The monoisotopic (exact) mass is 468 g/mol. The Bertz CT molecular complexity index is 1030. The van der Waals surface area contributed by atoms with E-state index in [0.717, 1.165) is 0 Å². The third-order valence-electron chi connectivity index (χ3n) is 3.30. The van der Waals surface area contributed by atoms with Gasteiger partial charge in [0, 0.05) is 10.7 Å². The summed E-state index contributed by atoms with van der Waals surface area (Å²) in [5, 5.41) is 22.1. The summed E-state index contributed by atoms with van der Waals surface area (Å²) < 4.78 is 18.1. The number of hydrogen-bond acceptors (Lipinski definition) is 6. The van der Waals surface area contributed by atoms with Gasteiger partial charge in [-0.1, -0.05) is 11.6 Å². The Morgan fingerprint density at radius 3 is 2.61 bits per heavy atom. The number of hydrogen-bond donors (Lipinski definition) is 4. The van der Waals surface area contributed by atoms with Gasteiger partial charge in [0.25, 0.3) is 0 Å². The van der Waals surface area contributed by atoms with Crippen LogP contribution in [0, 0.1) is 5.82 Å². The van der Waals surface area contributed by atoms with Crippen molar-refractivity contribution < 1.29 is 19.0 Å². The Kier molecular flexibility index (Phi) is 6.19. The van der Waals surface area contributed by atoms with Gasteiger partial charge in [-0.2, -0.15) is 0 Å². The first-order chi connectivity index (χ1) is 13.5. The van der Waals surface area contributed by atoms with Crippen LogP contribution in [-0.4, -0.2) is 27.4 Å². The van der Waals surface area contributed by atoms with Crippen LogP contribution in [0.1, 0.15) is 5.69 Å². The maximum absolute atomic E-state index is 13.3. The molecule has 0 aliphatic heterocycles. The maximum Gasteiger partial charge on any atom is 0.325 e. The molecule has 0 spiro atoms. The van der Waals surface area contributed by atoms with Gasteiger partial charge in [0.15, 0.2) is 11.5 Å². The predicted molar refractivity (Wildman–Crippen MR) is 104 cm³/mol. The number of rotatable bonds is 4. The highest BCUT2D eigenvalue weighted by atomic mass is 79.9. The van der Waals surface area contributed by atoms with Crippen molar-refractivity contribution in [1.29, 1.82) is 0 Å². The van der Waals surface area contributed by atoms with Crippen molar-refractivity contribution in [3.63, 3.8) is 0 Å². The van der Waals surface area contributed by atoms with Crippen molar-refractivity contribution in [3.8, 4) is 0 Å². The van der Waals surface area contributed by atoms with Crippen LogP contribution >= 0.6 is 27.5 Å². The van der Waals surface area contributed by atoms with Crippen LogP contribution in [0.3, 0.4) is 0 Å². The van der Waals surface area contributed by atoms with E-state index in [4.69, 9.17) is 11.6 Å². The number of hydroxylamine groups is 1. The second-order valence-corrected chi connectivity index (χ2v) is 6.51. The first-order valence-corrected chi connectivity index (χ1v) is 8.73. The molecule has 2 amide bonds. The molecule has 0 atom stereocenters. The summed E-state index contributed by atoms with van der Waals surface area (Å²) in [6.07, 6.45) is 0. The van der Waals surface area contributed by atoms with Crippen molar-refractivity contribution in [2.75, 3.05) is 10.6 Å². The molecule has 0 aliphatic rings. The largest absolute Gasteiger partial charge is 0.325 e. The summed E-state index contributed by atoms with van der Waals surface area (Å²) >= 11 is 8.84. The number of nitrogens with zero attached hydrogens (tertiary/aromatic N) is 3. The molecular formula is C16H11BrClFN6O3. The fraction of sp³-hybridized carbons (Fsp3) is 0. The summed E-state index contributed by atoms with van der Waals surface area (Å²) in [5.41, 5.74) is 2.56. The molecule has 0 bridgehead atoms. The normalized spacial score (nSPS) is 11.2. The lowest BCUT2D eigenvalue weighted by Crippen LogP contribution is -2.25. The fourth-order valence-corrected chi connectivity index (χ4v) is 2.54. The van der Waals surface area contributed by atoms with E-state index in [2.05, 4.69) is 46.5 Å². The van der Waals surface area contributed by atoms with Crippen LogP contribution in [0.4, 0.5) is 26.4 Å². The van der Waals surface area contributed by atoms with E-state index in [1.54, 1.807) is 24.3 Å². The number of anilines is 2. The average Bonchev–Trinajstić information content (AvgIpc) is 3.12. The molecular weight excluding hydrogens is 459 g/mol. The second kappa shape index (κ2) is 8.78. The van der Waals surface area contributed by atoms with Gasteiger partial charge in [0.05, 0.1) is 10.2 Å². The topological polar surface area (TPSA) is 125 Å². The highest BCUT2D eigenvalue weighted by molar-refractivity contribution is 9.10. The fourth-order valence-electron chi connectivity index (χ4n) is 2.04. The van der Waals surface area contributed by atoms with Crippen molar-refractivity contribution in [3.05, 3.63) is 63.5 Å². The number of halogens is 3. The van der Waals surface area contributed by atoms with E-state index >= 15 is 0 Å². The molecule has 4 N–H and O–H groups in total. The van der Waals surface area contributed by atoms with E-state index in [1.165, 1.54) is 18.2 Å². The SMILES string of the molecule is O=C(Nc1ccc(Cl)cc1)Nc1nonc1C(=Nc1ccc(F)c(Br)c1)NO. The number of benzene rings is 2. The number of carbonyl (C=O) groups excluding carboxylic acids is 1. The van der Waals surface area contributed by atoms with E-state index in [9.17, 15) is 14.4 Å². The molecule has 9 nitrogen and oxygen atoms in total. The molecule has 1 heterocycles. The highest BCUT2D eigenvalue weighted by Gasteiger charge is 2.19. The number of urea groups is 1. The van der Waals surface area contributed by atoms with Gasteiger partial charge in [-0.25, -0.2) is 18.8 Å². The summed E-state index contributed by atoms with van der Waals surface area (Å²) in [4.78, 5) is 16.2. The Hall–Kier alpha value is -3.02. The molecule has 0 aliphatic carbocycles. The molecule has 3 rings (SSSR count). The second-order valence-electron chi connectivity index (χ2n) is 5.22. The molecule has 0 saturated carbocycles. The number of amidine groups is 1. The zero-order valence-electron chi connectivity index (χ0n) is 13.8. The lowest BCUT2D eigenvalue weighted by Gasteiger charge is -2.07. The zero-order valence-corrected chi connectivity index (χ0v) is 16.1. The molecule has 2 aromatic carbocycles. The standard InChI is InChI=1S/C16H11BrClFN6O3/c17-11-7-10(5-6-12(11)19)20-14(23-27)13-15(25-28-24-13)22-16(26)21-9-3-1-8(18)2-4-9/h1-7,27H,(H,20,23)(H2,21,22,25,26). The Balaban J connectivity index is 1.79. The third kappa shape index (κ3) is 4.82. The minimum absolute atomic E-state index is 0.0748. The first kappa shape index (κ1) is 19.7. The van der Waals surface area contributed by atoms with Crippen LogP contribution in [0.5, 0.6) is 0 Å². The molecule has 0 radical (unpaired) electrons. The molecule has 0 unspecified atom stereocenters. The quantitative estimate of drug-likeness (QED) is 0.256. The van der Waals surface area contributed by atoms with Crippen LogP contribution in [0.2, 0.25) is 5.02 Å². The van der Waals surface area contributed by atoms with Crippen LogP contribution in [0.15, 0.2) is 56.6 Å². The molecule has 0 fully saturated rings. The van der Waals surface area contributed by atoms with Crippen molar-refractivity contribution in [1.82, 2.24) is 15.8 Å². The summed E-state index contributed by atoms with van der Waals surface area (Å²) in [7, 11) is 0. The van der Waals surface area contributed by atoms with Gasteiger partial charge < -0.3 is 5.32 Å². The maximum atomic E-state index is 13.3. The molecule has 0 saturated heterocycles. The molecule has 12 heteroatoms. The lowest BCUT2D eigenvalue weighted by atomic mass is 10.3. The number of carbonyl (C=O) groups is 1. The smallest absolute Gasteiger partial charge is 0.308 e. The predicted octanol–water partition coefficient (Wildman–Crippen LogP) is 4.33. The Labute approximate surface area is 170 Å². The summed E-state index contributed by atoms with van der Waals surface area (Å²) in [6.45, 7) is 0. The van der Waals surface area contributed by atoms with E-state index < -0.39 is 11.8 Å². The molecule has 1 aromatic heterocycles. The summed E-state index contributed by atoms with van der Waals surface area (Å²) in [6, 6.07) is 9.77. The number of aliphatic imine (C=N–C) groups is 1. The van der Waals surface area contributed by atoms with Gasteiger partial charge in [-0.05, 0) is 68.7 Å². The van der Waals surface area contributed by atoms with Crippen molar-refractivity contribution in [2.45, 2.75) is 0 Å². The van der Waals surface area contributed by atoms with E-state index in [1.807, 2.05) is 5.48 Å². The summed E-state index contributed by atoms with van der Waals surface area (Å²) in [5.74, 6) is -0.753. The first-order valence-electron chi connectivity index (χ1n) is 7.56. The number of nitrogens with one attached hydrogen (secondary N) is 3. The zero-order chi connectivity index (χ0) is 20.1. The van der Waals surface area contributed by atoms with Crippen LogP contribution < -0.4 is 16.1 Å². The Morgan fingerprint density at radius 2 is 1.93 bits per heavy atom. The highest BCUT2D eigenvalue weighted by Crippen LogP contribution is 2.23. The number of aromatic nitrogens is 2. The van der Waals surface area contributed by atoms with Gasteiger partial charge in [-0.3, -0.25) is 16.0 Å². The van der Waals surface area contributed by atoms with E-state index in [-0.39, 0.29) is 21.8 Å². The minimum Gasteiger partial charge on any atom is -0.308 e. The van der Waals surface area contributed by atoms with Gasteiger partial charge in [-0.15, -0.1) is 0 Å². The van der Waals surface area contributed by atoms with Crippen LogP contribution in [0.25, 0.3) is 0 Å². The molecule has 28 heavy (non-hydrogen) atoms. The van der Waals surface area contributed by atoms with Crippen molar-refractivity contribution >= 4 is 56.6 Å². The van der Waals surface area contributed by atoms with Gasteiger partial charge >= 0.3 is 6.03 Å². The van der Waals surface area contributed by atoms with Crippen LogP contribution in [-0.2, 0) is 0 Å². The third-order valence-corrected chi connectivity index (χ3v) is 4.16. The molecule has 144 valence electrons. The van der Waals surface area contributed by atoms with Crippen molar-refractivity contribution in [2.24, 2.45) is 4.99 Å².